The average molecular weight is 301 g/mol. The smallest absolute Gasteiger partial charge is 0.306 e. The van der Waals surface area contributed by atoms with Crippen molar-refractivity contribution in [3.05, 3.63) is 0 Å². The molecule has 0 aromatic heterocycles. The molecule has 0 aliphatic carbocycles. The van der Waals surface area contributed by atoms with Crippen molar-refractivity contribution in [3.63, 3.8) is 0 Å². The first kappa shape index (κ1) is 17.9. The number of hydrogen-bond donors (Lipinski definition) is 1. The molecule has 122 valence electrons. The molecule has 0 aromatic carbocycles. The Morgan fingerprint density at radius 1 is 1.33 bits per heavy atom. The molecule has 1 rings (SSSR count). The third-order valence-electron chi connectivity index (χ3n) is 3.00. The first-order chi connectivity index (χ1) is 9.52. The summed E-state index contributed by atoms with van der Waals surface area (Å²) in [5.74, 6) is -0.488. The van der Waals surface area contributed by atoms with E-state index in [4.69, 9.17) is 9.47 Å². The van der Waals surface area contributed by atoms with Crippen molar-refractivity contribution in [1.82, 2.24) is 4.90 Å². The number of morpholine rings is 1. The molecule has 6 heteroatoms. The maximum atomic E-state index is 12.2. The van der Waals surface area contributed by atoms with Crippen LogP contribution in [0, 0.1) is 0 Å². The van der Waals surface area contributed by atoms with Gasteiger partial charge in [-0.1, -0.05) is 0 Å². The lowest BCUT2D eigenvalue weighted by Crippen LogP contribution is -2.55. The average Bonchev–Trinajstić information content (AvgIpc) is 2.31. The van der Waals surface area contributed by atoms with Crippen LogP contribution in [0.2, 0.25) is 0 Å². The Labute approximate surface area is 126 Å². The maximum absolute atomic E-state index is 12.2. The van der Waals surface area contributed by atoms with Crippen LogP contribution in [0.3, 0.4) is 0 Å². The van der Waals surface area contributed by atoms with E-state index in [0.717, 1.165) is 0 Å². The Bertz CT molecular complexity index is 386. The van der Waals surface area contributed by atoms with E-state index in [-0.39, 0.29) is 37.4 Å². The molecule has 6 nitrogen and oxygen atoms in total. The molecule has 1 aliphatic rings. The monoisotopic (exact) mass is 301 g/mol. The molecular weight excluding hydrogens is 274 g/mol. The zero-order valence-corrected chi connectivity index (χ0v) is 13.6. The topological polar surface area (TPSA) is 76.1 Å². The molecule has 1 atom stereocenters. The van der Waals surface area contributed by atoms with Gasteiger partial charge in [-0.2, -0.15) is 0 Å². The summed E-state index contributed by atoms with van der Waals surface area (Å²) < 4.78 is 10.8. The van der Waals surface area contributed by atoms with E-state index < -0.39 is 11.2 Å². The van der Waals surface area contributed by atoms with Crippen molar-refractivity contribution in [3.8, 4) is 0 Å². The number of nitrogens with zero attached hydrogens (tertiary/aromatic N) is 1. The van der Waals surface area contributed by atoms with E-state index in [9.17, 15) is 14.7 Å². The van der Waals surface area contributed by atoms with Gasteiger partial charge in [0, 0.05) is 19.5 Å². The Morgan fingerprint density at radius 3 is 2.48 bits per heavy atom. The van der Waals surface area contributed by atoms with Crippen LogP contribution in [0.4, 0.5) is 0 Å². The Balaban J connectivity index is 2.49. The minimum absolute atomic E-state index is 0.0671. The molecule has 1 heterocycles. The van der Waals surface area contributed by atoms with E-state index in [0.29, 0.717) is 13.1 Å². The molecule has 1 unspecified atom stereocenters. The second kappa shape index (κ2) is 6.75. The Morgan fingerprint density at radius 2 is 1.95 bits per heavy atom. The van der Waals surface area contributed by atoms with Crippen LogP contribution in [-0.2, 0) is 19.1 Å². The standard InChI is InChI=1S/C15H27NO5/c1-14(2,3)21-13(19)7-6-12(18)16-8-11(9-17)20-15(4,5)10-16/h11,17H,6-10H2,1-5H3. The van der Waals surface area contributed by atoms with Crippen LogP contribution in [0.15, 0.2) is 0 Å². The highest BCUT2D eigenvalue weighted by Gasteiger charge is 2.35. The van der Waals surface area contributed by atoms with Crippen molar-refractivity contribution in [1.29, 1.82) is 0 Å². The second-order valence-electron chi connectivity index (χ2n) is 7.04. The van der Waals surface area contributed by atoms with Crippen LogP contribution in [-0.4, -0.2) is 58.9 Å². The van der Waals surface area contributed by atoms with Crippen molar-refractivity contribution in [2.75, 3.05) is 19.7 Å². The molecule has 0 aromatic rings. The minimum Gasteiger partial charge on any atom is -0.460 e. The van der Waals surface area contributed by atoms with Gasteiger partial charge in [0.1, 0.15) is 5.60 Å². The number of ether oxygens (including phenoxy) is 2. The molecule has 21 heavy (non-hydrogen) atoms. The summed E-state index contributed by atoms with van der Waals surface area (Å²) in [4.78, 5) is 25.5. The number of aliphatic hydroxyl groups excluding tert-OH is 1. The van der Waals surface area contributed by atoms with Crippen molar-refractivity contribution in [2.45, 2.75) is 64.8 Å². The summed E-state index contributed by atoms with van der Waals surface area (Å²) >= 11 is 0. The number of esters is 1. The molecule has 0 spiro atoms. The number of amides is 1. The lowest BCUT2D eigenvalue weighted by atomic mass is 10.0. The molecule has 1 amide bonds. The summed E-state index contributed by atoms with van der Waals surface area (Å²) in [6.45, 7) is 9.82. The van der Waals surface area contributed by atoms with Gasteiger partial charge in [-0.3, -0.25) is 9.59 Å². The third kappa shape index (κ3) is 6.44. The third-order valence-corrected chi connectivity index (χ3v) is 3.00. The lowest BCUT2D eigenvalue weighted by molar-refractivity contribution is -0.168. The van der Waals surface area contributed by atoms with Crippen molar-refractivity contribution < 1.29 is 24.2 Å². The van der Waals surface area contributed by atoms with Crippen molar-refractivity contribution >= 4 is 11.9 Å². The van der Waals surface area contributed by atoms with Gasteiger partial charge < -0.3 is 19.5 Å². The van der Waals surface area contributed by atoms with E-state index in [1.165, 1.54) is 0 Å². The maximum Gasteiger partial charge on any atom is 0.306 e. The highest BCUT2D eigenvalue weighted by Crippen LogP contribution is 2.21. The van der Waals surface area contributed by atoms with Gasteiger partial charge in [-0.05, 0) is 34.6 Å². The fraction of sp³-hybridized carbons (Fsp3) is 0.867. The summed E-state index contributed by atoms with van der Waals surface area (Å²) in [5, 5.41) is 9.23. The predicted octanol–water partition coefficient (Wildman–Crippen LogP) is 1.11. The van der Waals surface area contributed by atoms with Gasteiger partial charge >= 0.3 is 5.97 Å². The molecule has 1 aliphatic heterocycles. The summed E-state index contributed by atoms with van der Waals surface area (Å²) in [6.07, 6.45) is -0.194. The SMILES string of the molecule is CC(C)(C)OC(=O)CCC(=O)N1CC(CO)OC(C)(C)C1. The van der Waals surface area contributed by atoms with E-state index in [1.54, 1.807) is 25.7 Å². The number of rotatable bonds is 4. The number of carbonyl (C=O) groups excluding carboxylic acids is 2. The summed E-state index contributed by atoms with van der Waals surface area (Å²) in [5.41, 5.74) is -1.03. The highest BCUT2D eigenvalue weighted by atomic mass is 16.6. The molecule has 1 fully saturated rings. The van der Waals surface area contributed by atoms with Gasteiger partial charge in [0.2, 0.25) is 5.91 Å². The van der Waals surface area contributed by atoms with Crippen LogP contribution >= 0.6 is 0 Å². The summed E-state index contributed by atoms with van der Waals surface area (Å²) in [7, 11) is 0. The number of aliphatic hydroxyl groups is 1. The first-order valence-corrected chi connectivity index (χ1v) is 7.31. The molecule has 0 saturated carbocycles. The van der Waals surface area contributed by atoms with Gasteiger partial charge in [0.15, 0.2) is 0 Å². The van der Waals surface area contributed by atoms with Crippen LogP contribution in [0.25, 0.3) is 0 Å². The van der Waals surface area contributed by atoms with E-state index in [1.807, 2.05) is 13.8 Å². The zero-order valence-electron chi connectivity index (χ0n) is 13.6. The fourth-order valence-electron chi connectivity index (χ4n) is 2.34. The zero-order chi connectivity index (χ0) is 16.3. The van der Waals surface area contributed by atoms with E-state index >= 15 is 0 Å². The molecule has 1 N–H and O–H groups in total. The highest BCUT2D eigenvalue weighted by molar-refractivity contribution is 5.81. The van der Waals surface area contributed by atoms with Crippen LogP contribution < -0.4 is 0 Å². The minimum atomic E-state index is -0.539. The second-order valence-corrected chi connectivity index (χ2v) is 7.04. The van der Waals surface area contributed by atoms with Gasteiger partial charge in [0.05, 0.1) is 24.7 Å². The largest absolute Gasteiger partial charge is 0.460 e. The quantitative estimate of drug-likeness (QED) is 0.787. The van der Waals surface area contributed by atoms with Gasteiger partial charge in [-0.25, -0.2) is 0 Å². The fourth-order valence-corrected chi connectivity index (χ4v) is 2.34. The Hall–Kier alpha value is -1.14. The Kier molecular flexibility index (Phi) is 5.75. The molecular formula is C15H27NO5. The van der Waals surface area contributed by atoms with Crippen LogP contribution in [0.5, 0.6) is 0 Å². The lowest BCUT2D eigenvalue weighted by Gasteiger charge is -2.42. The van der Waals surface area contributed by atoms with Gasteiger partial charge in [0.25, 0.3) is 0 Å². The van der Waals surface area contributed by atoms with Crippen LogP contribution in [0.1, 0.15) is 47.5 Å². The molecule has 1 saturated heterocycles. The predicted molar refractivity (Wildman–Crippen MR) is 77.7 cm³/mol. The number of carbonyl (C=O) groups is 2. The first-order valence-electron chi connectivity index (χ1n) is 7.31. The van der Waals surface area contributed by atoms with E-state index in [2.05, 4.69) is 0 Å². The number of hydrogen-bond acceptors (Lipinski definition) is 5. The molecule has 0 radical (unpaired) electrons. The normalized spacial score (nSPS) is 22.0. The summed E-state index contributed by atoms with van der Waals surface area (Å²) in [6, 6.07) is 0. The van der Waals surface area contributed by atoms with Gasteiger partial charge in [-0.15, -0.1) is 0 Å². The molecule has 0 bridgehead atoms. The van der Waals surface area contributed by atoms with Crippen molar-refractivity contribution in [2.24, 2.45) is 0 Å².